The Labute approximate surface area is 209 Å². The van der Waals surface area contributed by atoms with Crippen LogP contribution in [0.25, 0.3) is 16.7 Å². The molecule has 0 unspecified atom stereocenters. The molecule has 0 saturated heterocycles. The van der Waals surface area contributed by atoms with Crippen LogP contribution in [0.2, 0.25) is 0 Å². The third kappa shape index (κ3) is 4.98. The number of carbonyl (C=O) groups excluding carboxylic acids is 1. The van der Waals surface area contributed by atoms with Crippen LogP contribution in [0, 0.1) is 0 Å². The highest BCUT2D eigenvalue weighted by atomic mass is 32.2. The fraction of sp³-hybridized carbons (Fsp3) is 0.231. The number of imidazole rings is 1. The maximum absolute atomic E-state index is 13.1. The van der Waals surface area contributed by atoms with E-state index in [0.717, 1.165) is 11.2 Å². The molecule has 0 atom stereocenters. The van der Waals surface area contributed by atoms with Gasteiger partial charge in [0.2, 0.25) is 10.0 Å². The number of nitrogens with zero attached hydrogens (tertiary/aromatic N) is 3. The van der Waals surface area contributed by atoms with Gasteiger partial charge in [0.15, 0.2) is 10.9 Å². The average Bonchev–Trinajstić information content (AvgIpc) is 3.25. The molecule has 4 aromatic rings. The first-order valence-electron chi connectivity index (χ1n) is 11.3. The summed E-state index contributed by atoms with van der Waals surface area (Å²) in [6.45, 7) is 4.40. The minimum atomic E-state index is -3.64. The minimum Gasteiger partial charge on any atom is -0.495 e. The van der Waals surface area contributed by atoms with Gasteiger partial charge in [0, 0.05) is 18.7 Å². The van der Waals surface area contributed by atoms with E-state index in [1.54, 1.807) is 37.4 Å². The maximum atomic E-state index is 13.1. The van der Waals surface area contributed by atoms with Crippen molar-refractivity contribution in [3.05, 3.63) is 78.4 Å². The van der Waals surface area contributed by atoms with Crippen molar-refractivity contribution >= 4 is 38.6 Å². The van der Waals surface area contributed by atoms with Gasteiger partial charge in [-0.2, -0.15) is 4.31 Å². The minimum absolute atomic E-state index is 0.0148. The normalized spacial score (nSPS) is 11.8. The Kier molecular flexibility index (Phi) is 7.59. The topological polar surface area (TPSA) is 81.5 Å². The highest BCUT2D eigenvalue weighted by molar-refractivity contribution is 7.99. The number of thioether (sulfide) groups is 1. The largest absolute Gasteiger partial charge is 0.495 e. The van der Waals surface area contributed by atoms with E-state index >= 15 is 0 Å². The maximum Gasteiger partial charge on any atom is 0.243 e. The predicted octanol–water partition coefficient (Wildman–Crippen LogP) is 5.04. The molecule has 0 aliphatic heterocycles. The fourth-order valence-corrected chi connectivity index (χ4v) is 6.29. The number of ketones is 1. The van der Waals surface area contributed by atoms with E-state index in [9.17, 15) is 13.2 Å². The van der Waals surface area contributed by atoms with Crippen molar-refractivity contribution in [2.24, 2.45) is 0 Å². The number of sulfonamides is 1. The lowest BCUT2D eigenvalue weighted by atomic mass is 10.2. The molecule has 0 fully saturated rings. The second-order valence-electron chi connectivity index (χ2n) is 7.72. The smallest absolute Gasteiger partial charge is 0.243 e. The van der Waals surface area contributed by atoms with Gasteiger partial charge in [0.25, 0.3) is 0 Å². The predicted molar refractivity (Wildman–Crippen MR) is 139 cm³/mol. The van der Waals surface area contributed by atoms with Crippen molar-refractivity contribution in [3.8, 4) is 11.4 Å². The standard InChI is InChI=1S/C26H27N3O4S2/c1-4-28(5-2)35(31,32)20-15-16-22-21(17-20)27-26(29(22)23-13-9-10-14-25(23)33-3)34-18-24(30)19-11-7-6-8-12-19/h6-17H,4-5,18H2,1-3H3. The average molecular weight is 510 g/mol. The molecule has 4 rings (SSSR count). The van der Waals surface area contributed by atoms with Crippen LogP contribution < -0.4 is 4.74 Å². The lowest BCUT2D eigenvalue weighted by Crippen LogP contribution is -2.30. The van der Waals surface area contributed by atoms with Crippen LogP contribution in [0.5, 0.6) is 5.75 Å². The number of rotatable bonds is 10. The van der Waals surface area contributed by atoms with Crippen molar-refractivity contribution in [2.45, 2.75) is 23.9 Å². The van der Waals surface area contributed by atoms with E-state index < -0.39 is 10.0 Å². The molecule has 182 valence electrons. The zero-order valence-corrected chi connectivity index (χ0v) is 21.5. The first kappa shape index (κ1) is 25.0. The molecule has 35 heavy (non-hydrogen) atoms. The number of fused-ring (bicyclic) bond motifs is 1. The van der Waals surface area contributed by atoms with Crippen molar-refractivity contribution < 1.29 is 17.9 Å². The second kappa shape index (κ2) is 10.6. The molecule has 3 aromatic carbocycles. The Hall–Kier alpha value is -3.14. The third-order valence-electron chi connectivity index (χ3n) is 5.69. The van der Waals surface area contributed by atoms with Gasteiger partial charge in [-0.05, 0) is 30.3 Å². The first-order valence-corrected chi connectivity index (χ1v) is 13.7. The van der Waals surface area contributed by atoms with E-state index in [4.69, 9.17) is 9.72 Å². The molecule has 0 spiro atoms. The zero-order valence-electron chi connectivity index (χ0n) is 19.8. The summed E-state index contributed by atoms with van der Waals surface area (Å²) in [5.41, 5.74) is 2.64. The quantitative estimate of drug-likeness (QED) is 0.220. The molecule has 7 nitrogen and oxygen atoms in total. The van der Waals surface area contributed by atoms with Gasteiger partial charge in [-0.15, -0.1) is 0 Å². The molecule has 0 aliphatic carbocycles. The summed E-state index contributed by atoms with van der Waals surface area (Å²) in [4.78, 5) is 17.7. The summed E-state index contributed by atoms with van der Waals surface area (Å²) in [6.07, 6.45) is 0. The van der Waals surface area contributed by atoms with Crippen LogP contribution in [0.3, 0.4) is 0 Å². The van der Waals surface area contributed by atoms with Crippen LogP contribution >= 0.6 is 11.8 Å². The van der Waals surface area contributed by atoms with E-state index in [2.05, 4.69) is 0 Å². The summed E-state index contributed by atoms with van der Waals surface area (Å²) < 4.78 is 35.1. The van der Waals surface area contributed by atoms with Crippen LogP contribution in [-0.2, 0) is 10.0 Å². The highest BCUT2D eigenvalue weighted by Crippen LogP contribution is 2.34. The summed E-state index contributed by atoms with van der Waals surface area (Å²) in [7, 11) is -2.04. The van der Waals surface area contributed by atoms with E-state index in [0.29, 0.717) is 35.1 Å². The molecule has 0 aliphatic rings. The Bertz CT molecular complexity index is 1450. The van der Waals surface area contributed by atoms with Gasteiger partial charge in [-0.25, -0.2) is 13.4 Å². The number of Topliss-reactive ketones (excluding diaryl/α,β-unsaturated/α-hetero) is 1. The monoisotopic (exact) mass is 509 g/mol. The number of benzene rings is 3. The number of ether oxygens (including phenoxy) is 1. The van der Waals surface area contributed by atoms with Gasteiger partial charge in [-0.3, -0.25) is 9.36 Å². The summed E-state index contributed by atoms with van der Waals surface area (Å²) >= 11 is 1.31. The Morgan fingerprint density at radius 3 is 2.37 bits per heavy atom. The molecule has 0 bridgehead atoms. The molecule has 0 amide bonds. The van der Waals surface area contributed by atoms with Crippen LogP contribution in [0.15, 0.2) is 82.8 Å². The summed E-state index contributed by atoms with van der Waals surface area (Å²) in [5.74, 6) is 0.814. The molecule has 0 radical (unpaired) electrons. The van der Waals surface area contributed by atoms with Crippen molar-refractivity contribution in [2.75, 3.05) is 26.0 Å². The third-order valence-corrected chi connectivity index (χ3v) is 8.68. The van der Waals surface area contributed by atoms with Gasteiger partial charge in [0.1, 0.15) is 5.75 Å². The van der Waals surface area contributed by atoms with E-state index in [1.807, 2.05) is 60.9 Å². The molecule has 0 saturated carbocycles. The highest BCUT2D eigenvalue weighted by Gasteiger charge is 2.24. The molecule has 0 N–H and O–H groups in total. The fourth-order valence-electron chi connectivity index (χ4n) is 3.89. The van der Waals surface area contributed by atoms with E-state index in [1.165, 1.54) is 16.1 Å². The van der Waals surface area contributed by atoms with Gasteiger partial charge < -0.3 is 4.74 Å². The number of hydrogen-bond acceptors (Lipinski definition) is 6. The number of aromatic nitrogens is 2. The van der Waals surface area contributed by atoms with Crippen molar-refractivity contribution in [3.63, 3.8) is 0 Å². The van der Waals surface area contributed by atoms with Crippen LogP contribution in [0.4, 0.5) is 0 Å². The summed E-state index contributed by atoms with van der Waals surface area (Å²) in [5, 5.41) is 0.575. The van der Waals surface area contributed by atoms with Crippen molar-refractivity contribution in [1.29, 1.82) is 0 Å². The van der Waals surface area contributed by atoms with E-state index in [-0.39, 0.29) is 16.4 Å². The Balaban J connectivity index is 1.81. The lowest BCUT2D eigenvalue weighted by molar-refractivity contribution is 0.102. The molecular weight excluding hydrogens is 482 g/mol. The lowest BCUT2D eigenvalue weighted by Gasteiger charge is -2.18. The molecule has 1 heterocycles. The number of para-hydroxylation sites is 2. The van der Waals surface area contributed by atoms with Gasteiger partial charge in [0.05, 0.1) is 34.5 Å². The number of hydrogen-bond donors (Lipinski definition) is 0. The molecule has 9 heteroatoms. The van der Waals surface area contributed by atoms with Crippen LogP contribution in [-0.4, -0.2) is 54.0 Å². The summed E-state index contributed by atoms with van der Waals surface area (Å²) in [6, 6.07) is 21.6. The SMILES string of the molecule is CCN(CC)S(=O)(=O)c1ccc2c(c1)nc(SCC(=O)c1ccccc1)n2-c1ccccc1OC. The zero-order chi connectivity index (χ0) is 25.0. The Morgan fingerprint density at radius 2 is 1.69 bits per heavy atom. The molecular formula is C26H27N3O4S2. The second-order valence-corrected chi connectivity index (χ2v) is 10.6. The molecule has 1 aromatic heterocycles. The number of carbonyl (C=O) groups is 1. The van der Waals surface area contributed by atoms with Crippen LogP contribution in [0.1, 0.15) is 24.2 Å². The van der Waals surface area contributed by atoms with Gasteiger partial charge >= 0.3 is 0 Å². The first-order chi connectivity index (χ1) is 16.9. The van der Waals surface area contributed by atoms with Crippen molar-refractivity contribution in [1.82, 2.24) is 13.9 Å². The Morgan fingerprint density at radius 1 is 1.00 bits per heavy atom. The number of methoxy groups -OCH3 is 1. The van der Waals surface area contributed by atoms with Gasteiger partial charge in [-0.1, -0.05) is 68.1 Å².